The van der Waals surface area contributed by atoms with Gasteiger partial charge in [-0.05, 0) is 36.8 Å². The molecule has 0 bridgehead atoms. The summed E-state index contributed by atoms with van der Waals surface area (Å²) >= 11 is 0. The number of aromatic nitrogens is 2. The minimum absolute atomic E-state index is 0.248. The number of amides is 2. The summed E-state index contributed by atoms with van der Waals surface area (Å²) < 4.78 is 24.5. The highest BCUT2D eigenvalue weighted by Gasteiger charge is 2.12. The molecule has 0 saturated carbocycles. The second-order valence-electron chi connectivity index (χ2n) is 5.75. The van der Waals surface area contributed by atoms with Crippen molar-refractivity contribution in [2.24, 2.45) is 0 Å². The molecule has 7 nitrogen and oxygen atoms in total. The largest absolute Gasteiger partial charge is 0.334 e. The van der Waals surface area contributed by atoms with E-state index in [9.17, 15) is 13.2 Å². The fraction of sp³-hybridized carbons (Fsp3) is 0.176. The normalized spacial score (nSPS) is 12.7. The number of fused-ring (bicyclic) bond motifs is 1. The highest BCUT2D eigenvalue weighted by Crippen LogP contribution is 2.16. The summed E-state index contributed by atoms with van der Waals surface area (Å²) in [5.41, 5.74) is 5.09. The molecule has 25 heavy (non-hydrogen) atoms. The first kappa shape index (κ1) is 17.0. The average Bonchev–Trinajstić information content (AvgIpc) is 2.97. The molecule has 1 heterocycles. The van der Waals surface area contributed by atoms with Crippen LogP contribution < -0.4 is 10.7 Å². The predicted molar refractivity (Wildman–Crippen MR) is 95.6 cm³/mol. The van der Waals surface area contributed by atoms with Crippen LogP contribution in [0.4, 0.5) is 4.79 Å². The molecule has 1 aromatic heterocycles. The summed E-state index contributed by atoms with van der Waals surface area (Å²) in [4.78, 5) is 16.7. The zero-order valence-corrected chi connectivity index (χ0v) is 14.6. The molecule has 3 aromatic rings. The minimum Gasteiger partial charge on any atom is -0.330 e. The third-order valence-electron chi connectivity index (χ3n) is 3.83. The zero-order chi connectivity index (χ0) is 18.0. The van der Waals surface area contributed by atoms with E-state index in [0.717, 1.165) is 22.9 Å². The van der Waals surface area contributed by atoms with Gasteiger partial charge >= 0.3 is 6.03 Å². The second-order valence-corrected chi connectivity index (χ2v) is 7.77. The maximum atomic E-state index is 12.2. The number of nitrogens with one attached hydrogen (secondary N) is 2. The van der Waals surface area contributed by atoms with Crippen molar-refractivity contribution in [2.45, 2.75) is 17.9 Å². The first-order chi connectivity index (χ1) is 11.8. The average molecular weight is 358 g/mol. The van der Waals surface area contributed by atoms with Gasteiger partial charge in [-0.1, -0.05) is 24.3 Å². The first-order valence-corrected chi connectivity index (χ1v) is 9.53. The van der Waals surface area contributed by atoms with E-state index in [1.54, 1.807) is 16.8 Å². The Labute approximate surface area is 145 Å². The van der Waals surface area contributed by atoms with Gasteiger partial charge in [0.1, 0.15) is 6.33 Å². The molecule has 0 radical (unpaired) electrons. The van der Waals surface area contributed by atoms with Gasteiger partial charge in [-0.15, -0.1) is 0 Å². The predicted octanol–water partition coefficient (Wildman–Crippen LogP) is 2.45. The molecule has 0 aliphatic carbocycles. The molecule has 0 fully saturated rings. The number of benzene rings is 2. The van der Waals surface area contributed by atoms with Crippen LogP contribution in [0.15, 0.2) is 59.8 Å². The van der Waals surface area contributed by atoms with Gasteiger partial charge in [-0.2, -0.15) is 0 Å². The van der Waals surface area contributed by atoms with Crippen molar-refractivity contribution in [3.8, 4) is 0 Å². The number of carbonyl (C=O) groups is 1. The number of hydrogen-bond donors (Lipinski definition) is 2. The minimum atomic E-state index is -3.23. The van der Waals surface area contributed by atoms with Crippen molar-refractivity contribution in [3.63, 3.8) is 0 Å². The van der Waals surface area contributed by atoms with Crippen molar-refractivity contribution < 1.29 is 13.2 Å². The lowest BCUT2D eigenvalue weighted by atomic mass is 10.1. The van der Waals surface area contributed by atoms with E-state index in [2.05, 4.69) is 15.7 Å². The Hall–Kier alpha value is -2.87. The van der Waals surface area contributed by atoms with Crippen LogP contribution >= 0.6 is 0 Å². The molecular formula is C17H18N4O3S. The molecule has 0 unspecified atom stereocenters. The van der Waals surface area contributed by atoms with E-state index in [1.807, 2.05) is 31.2 Å². The van der Waals surface area contributed by atoms with Crippen molar-refractivity contribution in [1.82, 2.24) is 15.0 Å². The maximum absolute atomic E-state index is 12.2. The van der Waals surface area contributed by atoms with Crippen LogP contribution in [0.2, 0.25) is 0 Å². The Morgan fingerprint density at radius 3 is 2.48 bits per heavy atom. The molecule has 0 saturated heterocycles. The molecule has 2 amide bonds. The van der Waals surface area contributed by atoms with E-state index < -0.39 is 9.84 Å². The van der Waals surface area contributed by atoms with Gasteiger partial charge in [-0.3, -0.25) is 0 Å². The summed E-state index contributed by atoms with van der Waals surface area (Å²) in [5.74, 6) is 0. The molecule has 3 rings (SSSR count). The van der Waals surface area contributed by atoms with Crippen molar-refractivity contribution in [1.29, 1.82) is 0 Å². The summed E-state index contributed by atoms with van der Waals surface area (Å²) in [6.07, 6.45) is 2.70. The van der Waals surface area contributed by atoms with E-state index in [-0.39, 0.29) is 17.0 Å². The molecule has 2 aromatic carbocycles. The summed E-state index contributed by atoms with van der Waals surface area (Å²) in [7, 11) is -3.23. The number of sulfone groups is 1. The first-order valence-electron chi connectivity index (χ1n) is 7.64. The van der Waals surface area contributed by atoms with E-state index in [4.69, 9.17) is 0 Å². The van der Waals surface area contributed by atoms with Gasteiger partial charge in [-0.25, -0.2) is 28.3 Å². The van der Waals surface area contributed by atoms with Crippen molar-refractivity contribution in [3.05, 3.63) is 60.4 Å². The van der Waals surface area contributed by atoms with Crippen LogP contribution in [0.3, 0.4) is 0 Å². The van der Waals surface area contributed by atoms with Crippen LogP contribution in [-0.4, -0.2) is 30.4 Å². The number of nitrogens with zero attached hydrogens (tertiary/aromatic N) is 2. The quantitative estimate of drug-likeness (QED) is 0.749. The van der Waals surface area contributed by atoms with Crippen molar-refractivity contribution in [2.75, 3.05) is 11.7 Å². The molecule has 8 heteroatoms. The zero-order valence-electron chi connectivity index (χ0n) is 13.8. The van der Waals surface area contributed by atoms with Crippen LogP contribution in [-0.2, 0) is 9.84 Å². The van der Waals surface area contributed by atoms with Crippen LogP contribution in [0, 0.1) is 0 Å². The van der Waals surface area contributed by atoms with Gasteiger partial charge in [0.2, 0.25) is 0 Å². The number of carbonyl (C=O) groups excluding carboxylic acids is 1. The standard InChI is InChI=1S/C17H18N4O3S/c1-12(13-7-9-14(10-8-13)25(2,23)24)19-17(22)20-21-11-18-15-5-3-4-6-16(15)21/h3-12H,1-2H3,(H2,19,20,22)/t12-/m1/s1. The van der Waals surface area contributed by atoms with Gasteiger partial charge in [0.05, 0.1) is 22.0 Å². The molecule has 2 N–H and O–H groups in total. The topological polar surface area (TPSA) is 93.1 Å². The number of imidazole rings is 1. The van der Waals surface area contributed by atoms with Crippen LogP contribution in [0.25, 0.3) is 11.0 Å². The SMILES string of the molecule is C[C@@H](NC(=O)Nn1cnc2ccccc21)c1ccc(S(C)(=O)=O)cc1. The number of urea groups is 1. The van der Waals surface area contributed by atoms with Crippen LogP contribution in [0.5, 0.6) is 0 Å². The number of para-hydroxylation sites is 2. The van der Waals surface area contributed by atoms with Gasteiger partial charge < -0.3 is 5.32 Å². The maximum Gasteiger partial charge on any atom is 0.334 e. The monoisotopic (exact) mass is 358 g/mol. The van der Waals surface area contributed by atoms with Gasteiger partial charge in [0, 0.05) is 6.26 Å². The Bertz CT molecular complexity index is 1010. The molecular weight excluding hydrogens is 340 g/mol. The van der Waals surface area contributed by atoms with Gasteiger partial charge in [0.15, 0.2) is 9.84 Å². The molecule has 0 spiro atoms. The fourth-order valence-electron chi connectivity index (χ4n) is 2.47. The lowest BCUT2D eigenvalue weighted by Crippen LogP contribution is -2.35. The Morgan fingerprint density at radius 1 is 1.12 bits per heavy atom. The molecule has 130 valence electrons. The van der Waals surface area contributed by atoms with Gasteiger partial charge in [0.25, 0.3) is 0 Å². The Kier molecular flexibility index (Phi) is 4.45. The lowest BCUT2D eigenvalue weighted by molar-refractivity contribution is 0.247. The fourth-order valence-corrected chi connectivity index (χ4v) is 3.10. The third-order valence-corrected chi connectivity index (χ3v) is 4.96. The summed E-state index contributed by atoms with van der Waals surface area (Å²) in [6.45, 7) is 1.82. The summed E-state index contributed by atoms with van der Waals surface area (Å²) in [6, 6.07) is 13.2. The molecule has 1 atom stereocenters. The van der Waals surface area contributed by atoms with Crippen LogP contribution in [0.1, 0.15) is 18.5 Å². The number of hydrogen-bond acceptors (Lipinski definition) is 4. The summed E-state index contributed by atoms with van der Waals surface area (Å²) in [5, 5.41) is 2.81. The lowest BCUT2D eigenvalue weighted by Gasteiger charge is -2.16. The smallest absolute Gasteiger partial charge is 0.330 e. The van der Waals surface area contributed by atoms with Crippen molar-refractivity contribution >= 4 is 26.9 Å². The van der Waals surface area contributed by atoms with E-state index >= 15 is 0 Å². The Morgan fingerprint density at radius 2 is 1.80 bits per heavy atom. The second kappa shape index (κ2) is 6.56. The molecule has 0 aliphatic heterocycles. The molecule has 0 aliphatic rings. The van der Waals surface area contributed by atoms with E-state index in [0.29, 0.717) is 0 Å². The highest BCUT2D eigenvalue weighted by molar-refractivity contribution is 7.90. The Balaban J connectivity index is 1.68. The number of rotatable bonds is 4. The highest BCUT2D eigenvalue weighted by atomic mass is 32.2. The third kappa shape index (κ3) is 3.80. The van der Waals surface area contributed by atoms with E-state index in [1.165, 1.54) is 18.5 Å².